The molecule has 2 aliphatic rings. The minimum Gasteiger partial charge on any atom is -0.352 e. The summed E-state index contributed by atoms with van der Waals surface area (Å²) in [6, 6.07) is 6.33. The molecule has 1 N–H and O–H groups in total. The number of aromatic nitrogens is 3. The molecule has 4 heterocycles. The Balaban J connectivity index is 1.23. The van der Waals surface area contributed by atoms with Gasteiger partial charge in [0.15, 0.2) is 0 Å². The van der Waals surface area contributed by atoms with Gasteiger partial charge in [-0.05, 0) is 49.9 Å². The lowest BCUT2D eigenvalue weighted by Gasteiger charge is -2.41. The van der Waals surface area contributed by atoms with Crippen LogP contribution in [0.15, 0.2) is 43.0 Å². The average Bonchev–Trinajstić information content (AvgIpc) is 2.79. The van der Waals surface area contributed by atoms with Crippen LogP contribution < -0.4 is 5.32 Å². The molecule has 2 aliphatic heterocycles. The minimum absolute atomic E-state index is 0.0937. The normalized spacial score (nSPS) is 21.7. The quantitative estimate of drug-likeness (QED) is 0.806. The third-order valence-corrected chi connectivity index (χ3v) is 6.07. The summed E-state index contributed by atoms with van der Waals surface area (Å²) >= 11 is 0. The molecule has 0 unspecified atom stereocenters. The number of amides is 1. The lowest BCUT2D eigenvalue weighted by Crippen LogP contribution is -2.50. The molecule has 1 amide bonds. The predicted molar refractivity (Wildman–Crippen MR) is 111 cm³/mol. The van der Waals surface area contributed by atoms with E-state index in [9.17, 15) is 4.79 Å². The van der Waals surface area contributed by atoms with E-state index in [0.717, 1.165) is 69.8 Å². The van der Waals surface area contributed by atoms with E-state index in [4.69, 9.17) is 0 Å². The second kappa shape index (κ2) is 9.89. The number of hydrogen-bond donors (Lipinski definition) is 1. The fraction of sp³-hybridized carbons (Fsp3) is 0.545. The Bertz CT molecular complexity index is 763. The lowest BCUT2D eigenvalue weighted by molar-refractivity contribution is -0.127. The zero-order valence-corrected chi connectivity index (χ0v) is 16.9. The van der Waals surface area contributed by atoms with Gasteiger partial charge in [0, 0.05) is 57.0 Å². The Morgan fingerprint density at radius 2 is 1.90 bits per heavy atom. The first kappa shape index (κ1) is 19.9. The number of nitrogens with zero attached hydrogens (tertiary/aromatic N) is 5. The van der Waals surface area contributed by atoms with Gasteiger partial charge in [-0.15, -0.1) is 0 Å². The maximum atomic E-state index is 12.7. The number of carbonyl (C=O) groups is 1. The van der Waals surface area contributed by atoms with Gasteiger partial charge in [0.1, 0.15) is 5.82 Å². The van der Waals surface area contributed by atoms with Crippen molar-refractivity contribution < 1.29 is 4.79 Å². The van der Waals surface area contributed by atoms with Crippen molar-refractivity contribution in [1.29, 1.82) is 0 Å². The van der Waals surface area contributed by atoms with Crippen molar-refractivity contribution in [2.45, 2.75) is 44.8 Å². The van der Waals surface area contributed by atoms with Crippen LogP contribution in [0.3, 0.4) is 0 Å². The van der Waals surface area contributed by atoms with Gasteiger partial charge in [-0.2, -0.15) is 0 Å². The largest absolute Gasteiger partial charge is 0.352 e. The van der Waals surface area contributed by atoms with Crippen LogP contribution in [-0.2, 0) is 17.9 Å². The predicted octanol–water partition coefficient (Wildman–Crippen LogP) is 1.86. The molecule has 0 spiro atoms. The molecule has 0 bridgehead atoms. The van der Waals surface area contributed by atoms with Gasteiger partial charge in [-0.25, -0.2) is 9.97 Å². The van der Waals surface area contributed by atoms with Crippen molar-refractivity contribution >= 4 is 5.91 Å². The van der Waals surface area contributed by atoms with Gasteiger partial charge in [0.2, 0.25) is 5.91 Å². The molecule has 29 heavy (non-hydrogen) atoms. The van der Waals surface area contributed by atoms with Crippen molar-refractivity contribution in [2.75, 3.05) is 26.2 Å². The molecule has 1 atom stereocenters. The summed E-state index contributed by atoms with van der Waals surface area (Å²) in [4.78, 5) is 30.4. The Labute approximate surface area is 172 Å². The molecule has 7 nitrogen and oxygen atoms in total. The molecule has 2 fully saturated rings. The van der Waals surface area contributed by atoms with Crippen molar-refractivity contribution in [3.63, 3.8) is 0 Å². The van der Waals surface area contributed by atoms with E-state index in [2.05, 4.69) is 30.1 Å². The van der Waals surface area contributed by atoms with Crippen LogP contribution in [-0.4, -0.2) is 62.9 Å². The van der Waals surface area contributed by atoms with Crippen LogP contribution in [0.2, 0.25) is 0 Å². The van der Waals surface area contributed by atoms with Crippen LogP contribution in [0.5, 0.6) is 0 Å². The average molecular weight is 395 g/mol. The smallest absolute Gasteiger partial charge is 0.224 e. The van der Waals surface area contributed by atoms with Gasteiger partial charge >= 0.3 is 0 Å². The summed E-state index contributed by atoms with van der Waals surface area (Å²) in [5, 5.41) is 3.10. The Kier molecular flexibility index (Phi) is 6.79. The fourth-order valence-corrected chi connectivity index (χ4v) is 4.44. The van der Waals surface area contributed by atoms with E-state index in [1.165, 1.54) is 0 Å². The number of nitrogens with one attached hydrogen (secondary N) is 1. The van der Waals surface area contributed by atoms with E-state index in [1.54, 1.807) is 6.20 Å². The highest BCUT2D eigenvalue weighted by molar-refractivity contribution is 5.78. The lowest BCUT2D eigenvalue weighted by atomic mass is 9.93. The summed E-state index contributed by atoms with van der Waals surface area (Å²) < 4.78 is 0. The SMILES string of the molecule is O=C(NCc1cccnc1)[C@H]1CCCN(C2CCN(Cc3ncccn3)CC2)C1. The van der Waals surface area contributed by atoms with Gasteiger partial charge < -0.3 is 5.32 Å². The fourth-order valence-electron chi connectivity index (χ4n) is 4.44. The topological polar surface area (TPSA) is 74.2 Å². The van der Waals surface area contributed by atoms with E-state index in [-0.39, 0.29) is 11.8 Å². The molecule has 2 aromatic heterocycles. The maximum Gasteiger partial charge on any atom is 0.224 e. The molecule has 0 aromatic carbocycles. The van der Waals surface area contributed by atoms with Crippen LogP contribution in [0.4, 0.5) is 0 Å². The second-order valence-electron chi connectivity index (χ2n) is 8.09. The zero-order chi connectivity index (χ0) is 19.9. The number of hydrogen-bond acceptors (Lipinski definition) is 6. The second-order valence-corrected chi connectivity index (χ2v) is 8.09. The monoisotopic (exact) mass is 394 g/mol. The van der Waals surface area contributed by atoms with Gasteiger partial charge in [0.25, 0.3) is 0 Å². The van der Waals surface area contributed by atoms with E-state index in [1.807, 2.05) is 36.8 Å². The van der Waals surface area contributed by atoms with Crippen LogP contribution in [0.1, 0.15) is 37.1 Å². The summed E-state index contributed by atoms with van der Waals surface area (Å²) in [6.45, 7) is 5.51. The van der Waals surface area contributed by atoms with E-state index in [0.29, 0.717) is 12.6 Å². The summed E-state index contributed by atoms with van der Waals surface area (Å²) in [6.07, 6.45) is 11.6. The first-order valence-electron chi connectivity index (χ1n) is 10.7. The third-order valence-electron chi connectivity index (χ3n) is 6.07. The molecule has 0 saturated carbocycles. The van der Waals surface area contributed by atoms with Crippen molar-refractivity contribution in [3.05, 3.63) is 54.4 Å². The molecule has 0 aliphatic carbocycles. The molecule has 2 saturated heterocycles. The minimum atomic E-state index is 0.0937. The Morgan fingerprint density at radius 1 is 1.07 bits per heavy atom. The number of likely N-dealkylation sites (tertiary alicyclic amines) is 2. The third kappa shape index (κ3) is 5.58. The maximum absolute atomic E-state index is 12.7. The Hall–Kier alpha value is -2.38. The molecular weight excluding hydrogens is 364 g/mol. The zero-order valence-electron chi connectivity index (χ0n) is 16.9. The van der Waals surface area contributed by atoms with Crippen LogP contribution in [0, 0.1) is 5.92 Å². The van der Waals surface area contributed by atoms with Gasteiger partial charge in [-0.3, -0.25) is 19.6 Å². The highest BCUT2D eigenvalue weighted by atomic mass is 16.1. The van der Waals surface area contributed by atoms with Crippen molar-refractivity contribution in [1.82, 2.24) is 30.1 Å². The van der Waals surface area contributed by atoms with Crippen molar-refractivity contribution in [2.24, 2.45) is 5.92 Å². The first-order valence-corrected chi connectivity index (χ1v) is 10.7. The summed E-state index contributed by atoms with van der Waals surface area (Å²) in [7, 11) is 0. The number of rotatable bonds is 6. The summed E-state index contributed by atoms with van der Waals surface area (Å²) in [5.74, 6) is 1.17. The van der Waals surface area contributed by atoms with Crippen molar-refractivity contribution in [3.8, 4) is 0 Å². The molecule has 0 radical (unpaired) electrons. The summed E-state index contributed by atoms with van der Waals surface area (Å²) in [5.41, 5.74) is 1.04. The molecule has 154 valence electrons. The van der Waals surface area contributed by atoms with Gasteiger partial charge in [-0.1, -0.05) is 6.07 Å². The number of carbonyl (C=O) groups excluding carboxylic acids is 1. The molecule has 2 aromatic rings. The molecular formula is C22H30N6O. The standard InChI is InChI=1S/C22H30N6O/c29-22(26-15-18-4-1-8-23-14-18)19-5-2-11-28(16-19)20-6-12-27(13-7-20)17-21-24-9-3-10-25-21/h1,3-4,8-10,14,19-20H,2,5-7,11-13,15-17H2,(H,26,29)/t19-/m0/s1. The van der Waals surface area contributed by atoms with E-state index >= 15 is 0 Å². The molecule has 4 rings (SSSR count). The van der Waals surface area contributed by atoms with E-state index < -0.39 is 0 Å². The van der Waals surface area contributed by atoms with Crippen LogP contribution in [0.25, 0.3) is 0 Å². The highest BCUT2D eigenvalue weighted by Crippen LogP contribution is 2.24. The van der Waals surface area contributed by atoms with Crippen LogP contribution >= 0.6 is 0 Å². The number of pyridine rings is 1. The van der Waals surface area contributed by atoms with Gasteiger partial charge in [0.05, 0.1) is 12.5 Å². The Morgan fingerprint density at radius 3 is 2.66 bits per heavy atom. The molecule has 7 heteroatoms. The highest BCUT2D eigenvalue weighted by Gasteiger charge is 2.31. The number of piperidine rings is 2. The first-order chi connectivity index (χ1) is 14.3.